The Morgan fingerprint density at radius 2 is 2.05 bits per heavy atom. The molecule has 0 spiro atoms. The number of fused-ring (bicyclic) bond motifs is 1. The second kappa shape index (κ2) is 4.94. The molecule has 0 amide bonds. The Bertz CT molecular complexity index is 816. The molecule has 5 heteroatoms. The van der Waals surface area contributed by atoms with E-state index in [2.05, 4.69) is 5.10 Å². The third kappa shape index (κ3) is 2.12. The monoisotopic (exact) mass is 268 g/mol. The Hall–Kier alpha value is -2.40. The van der Waals surface area contributed by atoms with E-state index >= 15 is 0 Å². The van der Waals surface area contributed by atoms with Gasteiger partial charge in [-0.15, -0.1) is 0 Å². The number of para-hydroxylation sites is 1. The number of rotatable bonds is 3. The fourth-order valence-corrected chi connectivity index (χ4v) is 2.40. The van der Waals surface area contributed by atoms with Crippen molar-refractivity contribution in [3.8, 4) is 0 Å². The van der Waals surface area contributed by atoms with Crippen molar-refractivity contribution in [2.75, 3.05) is 0 Å². The molecule has 0 saturated heterocycles. The zero-order chi connectivity index (χ0) is 14.1. The molecule has 0 radical (unpaired) electrons. The highest BCUT2D eigenvalue weighted by Gasteiger charge is 2.09. The van der Waals surface area contributed by atoms with E-state index in [1.165, 1.54) is 0 Å². The number of nitrogens with two attached hydrogens (primary N) is 1. The van der Waals surface area contributed by atoms with Gasteiger partial charge in [-0.3, -0.25) is 9.48 Å². The van der Waals surface area contributed by atoms with E-state index in [-0.39, 0.29) is 12.1 Å². The lowest BCUT2D eigenvalue weighted by Gasteiger charge is -2.11. The number of hydrogen-bond donors (Lipinski definition) is 1. The molecule has 1 aromatic carbocycles. The van der Waals surface area contributed by atoms with Crippen molar-refractivity contribution in [3.63, 3.8) is 0 Å². The van der Waals surface area contributed by atoms with Crippen LogP contribution in [0.2, 0.25) is 0 Å². The predicted molar refractivity (Wildman–Crippen MR) is 78.4 cm³/mol. The topological polar surface area (TPSA) is 65.8 Å². The minimum Gasteiger partial charge on any atom is -0.326 e. The maximum absolute atomic E-state index is 12.5. The smallest absolute Gasteiger partial charge is 0.255 e. The Morgan fingerprint density at radius 1 is 1.25 bits per heavy atom. The minimum atomic E-state index is -0.0446. The van der Waals surface area contributed by atoms with E-state index in [1.807, 2.05) is 49.6 Å². The summed E-state index contributed by atoms with van der Waals surface area (Å²) in [5.41, 5.74) is 8.01. The molecule has 0 aliphatic carbocycles. The predicted octanol–water partition coefficient (Wildman–Crippen LogP) is 1.24. The van der Waals surface area contributed by atoms with Crippen LogP contribution < -0.4 is 11.3 Å². The van der Waals surface area contributed by atoms with Gasteiger partial charge in [0.2, 0.25) is 0 Å². The van der Waals surface area contributed by atoms with Crippen LogP contribution in [0.1, 0.15) is 11.3 Å². The number of hydrogen-bond acceptors (Lipinski definition) is 3. The highest BCUT2D eigenvalue weighted by atomic mass is 16.1. The fraction of sp³-hybridized carbons (Fsp3) is 0.200. The van der Waals surface area contributed by atoms with Crippen LogP contribution in [0.3, 0.4) is 0 Å². The van der Waals surface area contributed by atoms with Crippen molar-refractivity contribution in [1.82, 2.24) is 14.3 Å². The van der Waals surface area contributed by atoms with Gasteiger partial charge in [-0.2, -0.15) is 5.10 Å². The molecule has 0 fully saturated rings. The zero-order valence-electron chi connectivity index (χ0n) is 11.3. The van der Waals surface area contributed by atoms with Crippen molar-refractivity contribution in [3.05, 3.63) is 64.2 Å². The molecule has 102 valence electrons. The van der Waals surface area contributed by atoms with E-state index in [9.17, 15) is 4.79 Å². The fourth-order valence-electron chi connectivity index (χ4n) is 2.40. The third-order valence-corrected chi connectivity index (χ3v) is 3.39. The number of nitrogens with zero attached hydrogens (tertiary/aromatic N) is 3. The van der Waals surface area contributed by atoms with Crippen LogP contribution in [0, 0.1) is 0 Å². The van der Waals surface area contributed by atoms with Crippen LogP contribution in [0.4, 0.5) is 0 Å². The molecule has 0 aliphatic rings. The molecule has 0 unspecified atom stereocenters. The average Bonchev–Trinajstić information content (AvgIpc) is 2.87. The molecule has 0 atom stereocenters. The number of aromatic nitrogens is 3. The highest BCUT2D eigenvalue weighted by molar-refractivity contribution is 5.79. The summed E-state index contributed by atoms with van der Waals surface area (Å²) in [4.78, 5) is 12.5. The molecule has 2 N–H and O–H groups in total. The van der Waals surface area contributed by atoms with Gasteiger partial charge >= 0.3 is 0 Å². The summed E-state index contributed by atoms with van der Waals surface area (Å²) < 4.78 is 3.47. The SMILES string of the molecule is Cn1ccc(Cn2c(=O)c(CN)cc3ccccc32)n1. The molecular weight excluding hydrogens is 252 g/mol. The quantitative estimate of drug-likeness (QED) is 0.777. The van der Waals surface area contributed by atoms with Crippen LogP contribution in [-0.2, 0) is 20.1 Å². The van der Waals surface area contributed by atoms with Gasteiger partial charge in [0.15, 0.2) is 0 Å². The van der Waals surface area contributed by atoms with Crippen molar-refractivity contribution in [2.24, 2.45) is 12.8 Å². The summed E-state index contributed by atoms with van der Waals surface area (Å²) >= 11 is 0. The lowest BCUT2D eigenvalue weighted by Crippen LogP contribution is -2.26. The Labute approximate surface area is 116 Å². The second-order valence-electron chi connectivity index (χ2n) is 4.80. The molecule has 0 bridgehead atoms. The summed E-state index contributed by atoms with van der Waals surface area (Å²) in [7, 11) is 1.86. The van der Waals surface area contributed by atoms with Gasteiger partial charge in [0.25, 0.3) is 5.56 Å². The minimum absolute atomic E-state index is 0.0446. The summed E-state index contributed by atoms with van der Waals surface area (Å²) in [6.07, 6.45) is 1.87. The van der Waals surface area contributed by atoms with Gasteiger partial charge in [-0.25, -0.2) is 0 Å². The van der Waals surface area contributed by atoms with E-state index in [4.69, 9.17) is 5.73 Å². The molecule has 5 nitrogen and oxygen atoms in total. The van der Waals surface area contributed by atoms with Crippen molar-refractivity contribution >= 4 is 10.9 Å². The van der Waals surface area contributed by atoms with Crippen molar-refractivity contribution < 1.29 is 0 Å². The largest absolute Gasteiger partial charge is 0.326 e. The summed E-state index contributed by atoms with van der Waals surface area (Å²) in [6, 6.07) is 11.6. The lowest BCUT2D eigenvalue weighted by molar-refractivity contribution is 0.701. The van der Waals surface area contributed by atoms with Crippen LogP contribution in [0.5, 0.6) is 0 Å². The van der Waals surface area contributed by atoms with Gasteiger partial charge in [-0.1, -0.05) is 18.2 Å². The summed E-state index contributed by atoms with van der Waals surface area (Å²) in [6.45, 7) is 0.694. The van der Waals surface area contributed by atoms with Crippen LogP contribution >= 0.6 is 0 Å². The number of benzene rings is 1. The molecular formula is C15H16N4O. The Balaban J connectivity index is 2.21. The van der Waals surface area contributed by atoms with E-state index in [0.717, 1.165) is 16.6 Å². The lowest BCUT2D eigenvalue weighted by atomic mass is 10.1. The van der Waals surface area contributed by atoms with Crippen LogP contribution in [0.15, 0.2) is 47.4 Å². The number of pyridine rings is 1. The molecule has 3 aromatic rings. The molecule has 2 heterocycles. The first-order chi connectivity index (χ1) is 9.69. The van der Waals surface area contributed by atoms with Gasteiger partial charge in [0, 0.05) is 25.4 Å². The summed E-state index contributed by atoms with van der Waals surface area (Å²) in [5, 5.41) is 5.35. The maximum atomic E-state index is 12.5. The van der Waals surface area contributed by atoms with E-state index < -0.39 is 0 Å². The third-order valence-electron chi connectivity index (χ3n) is 3.39. The molecule has 2 aromatic heterocycles. The summed E-state index contributed by atoms with van der Waals surface area (Å²) in [5.74, 6) is 0. The van der Waals surface area contributed by atoms with Crippen LogP contribution in [0.25, 0.3) is 10.9 Å². The van der Waals surface area contributed by atoms with Gasteiger partial charge in [-0.05, 0) is 23.6 Å². The molecule has 20 heavy (non-hydrogen) atoms. The number of aryl methyl sites for hydroxylation is 1. The Kier molecular flexibility index (Phi) is 3.12. The van der Waals surface area contributed by atoms with Crippen molar-refractivity contribution in [1.29, 1.82) is 0 Å². The second-order valence-corrected chi connectivity index (χ2v) is 4.80. The highest BCUT2D eigenvalue weighted by Crippen LogP contribution is 2.14. The first kappa shape index (κ1) is 12.6. The normalized spacial score (nSPS) is 11.1. The average molecular weight is 268 g/mol. The Morgan fingerprint density at radius 3 is 2.75 bits per heavy atom. The zero-order valence-corrected chi connectivity index (χ0v) is 11.3. The van der Waals surface area contributed by atoms with Gasteiger partial charge in [0.05, 0.1) is 17.8 Å². The van der Waals surface area contributed by atoms with Gasteiger partial charge in [0.1, 0.15) is 0 Å². The maximum Gasteiger partial charge on any atom is 0.255 e. The van der Waals surface area contributed by atoms with E-state index in [0.29, 0.717) is 12.1 Å². The molecule has 0 saturated carbocycles. The van der Waals surface area contributed by atoms with Gasteiger partial charge < -0.3 is 10.3 Å². The van der Waals surface area contributed by atoms with Crippen LogP contribution in [-0.4, -0.2) is 14.3 Å². The molecule has 3 rings (SSSR count). The first-order valence-corrected chi connectivity index (χ1v) is 6.49. The molecule has 0 aliphatic heterocycles. The standard InChI is InChI=1S/C15H16N4O/c1-18-7-6-13(17-18)10-19-14-5-3-2-4-11(14)8-12(9-16)15(19)20/h2-8H,9-10,16H2,1H3. The van der Waals surface area contributed by atoms with Crippen molar-refractivity contribution in [2.45, 2.75) is 13.1 Å². The van der Waals surface area contributed by atoms with E-state index in [1.54, 1.807) is 9.25 Å². The first-order valence-electron chi connectivity index (χ1n) is 6.49.